The lowest BCUT2D eigenvalue weighted by atomic mass is 10.0. The normalized spacial score (nSPS) is 14.2. The van der Waals surface area contributed by atoms with E-state index in [-0.39, 0.29) is 46.4 Å². The van der Waals surface area contributed by atoms with Gasteiger partial charge in [-0.15, -0.1) is 0 Å². The van der Waals surface area contributed by atoms with Gasteiger partial charge in [-0.2, -0.15) is 0 Å². The van der Waals surface area contributed by atoms with Crippen LogP contribution < -0.4 is 10.6 Å². The van der Waals surface area contributed by atoms with Crippen LogP contribution in [0, 0.1) is 0 Å². The van der Waals surface area contributed by atoms with Crippen LogP contribution in [0.2, 0.25) is 10.0 Å². The number of rotatable bonds is 10. The van der Waals surface area contributed by atoms with Gasteiger partial charge in [0.05, 0.1) is 34.8 Å². The van der Waals surface area contributed by atoms with Gasteiger partial charge in [0.25, 0.3) is 5.91 Å². The number of pyridine rings is 1. The van der Waals surface area contributed by atoms with Crippen molar-refractivity contribution in [3.63, 3.8) is 0 Å². The monoisotopic (exact) mass is 503 g/mol. The Morgan fingerprint density at radius 3 is 2.38 bits per heavy atom. The van der Waals surface area contributed by atoms with Crippen LogP contribution in [-0.4, -0.2) is 29.3 Å². The number of anilines is 1. The highest BCUT2D eigenvalue weighted by molar-refractivity contribution is 6.39. The van der Waals surface area contributed by atoms with Gasteiger partial charge in [-0.1, -0.05) is 48.7 Å². The van der Waals surface area contributed by atoms with Crippen LogP contribution in [0.1, 0.15) is 67.9 Å². The fourth-order valence-electron chi connectivity index (χ4n) is 3.84. The number of amides is 1. The molecular weight excluding hydrogens is 477 g/mol. The molecule has 3 rings (SSSR count). The first-order valence-corrected chi connectivity index (χ1v) is 12.0. The van der Waals surface area contributed by atoms with Gasteiger partial charge in [0, 0.05) is 35.6 Å². The molecule has 7 nitrogen and oxygen atoms in total. The molecule has 0 fully saturated rings. The molecule has 1 aromatic heterocycles. The first-order valence-electron chi connectivity index (χ1n) is 11.2. The van der Waals surface area contributed by atoms with E-state index in [1.165, 1.54) is 12.4 Å². The molecule has 0 aliphatic heterocycles. The summed E-state index contributed by atoms with van der Waals surface area (Å²) in [5, 5.41) is 6.57. The Bertz CT molecular complexity index is 1080. The zero-order chi connectivity index (χ0) is 24.7. The molecule has 1 unspecified atom stereocenters. The third-order valence-electron chi connectivity index (χ3n) is 5.49. The van der Waals surface area contributed by atoms with Gasteiger partial charge in [-0.3, -0.25) is 19.4 Å². The van der Waals surface area contributed by atoms with E-state index in [4.69, 9.17) is 27.9 Å². The number of aromatic nitrogens is 1. The predicted octanol–water partition coefficient (Wildman–Crippen LogP) is 5.64. The van der Waals surface area contributed by atoms with E-state index in [1.54, 1.807) is 31.2 Å². The van der Waals surface area contributed by atoms with E-state index in [2.05, 4.69) is 15.6 Å². The largest absolute Gasteiger partial charge is 0.466 e. The maximum absolute atomic E-state index is 12.7. The van der Waals surface area contributed by atoms with Crippen molar-refractivity contribution in [2.24, 2.45) is 0 Å². The molecule has 1 amide bonds. The molecular formula is C25H27Cl2N3O4. The van der Waals surface area contributed by atoms with E-state index in [0.29, 0.717) is 24.8 Å². The molecule has 1 aliphatic rings. The number of allylic oxidation sites excluding steroid dienone is 2. The minimum atomic E-state index is -0.395. The molecule has 34 heavy (non-hydrogen) atoms. The van der Waals surface area contributed by atoms with Crippen LogP contribution >= 0.6 is 23.2 Å². The fourth-order valence-corrected chi connectivity index (χ4v) is 4.30. The molecule has 0 spiro atoms. The average molecular weight is 504 g/mol. The molecule has 1 atom stereocenters. The Morgan fingerprint density at radius 1 is 1.09 bits per heavy atom. The van der Waals surface area contributed by atoms with Gasteiger partial charge in [0.1, 0.15) is 0 Å². The van der Waals surface area contributed by atoms with Crippen molar-refractivity contribution < 1.29 is 19.1 Å². The van der Waals surface area contributed by atoms with Gasteiger partial charge in [0.15, 0.2) is 5.78 Å². The van der Waals surface area contributed by atoms with Gasteiger partial charge >= 0.3 is 5.97 Å². The van der Waals surface area contributed by atoms with Crippen molar-refractivity contribution in [2.45, 2.75) is 52.0 Å². The highest BCUT2D eigenvalue weighted by Gasteiger charge is 2.26. The second-order valence-corrected chi connectivity index (χ2v) is 8.71. The minimum Gasteiger partial charge on any atom is -0.466 e. The number of ether oxygens (including phenoxy) is 1. The summed E-state index contributed by atoms with van der Waals surface area (Å²) in [5.41, 5.74) is 3.16. The van der Waals surface area contributed by atoms with Crippen molar-refractivity contribution in [3.8, 4) is 0 Å². The van der Waals surface area contributed by atoms with Crippen molar-refractivity contribution in [3.05, 3.63) is 69.1 Å². The summed E-state index contributed by atoms with van der Waals surface area (Å²) >= 11 is 12.2. The Balaban J connectivity index is 1.82. The lowest BCUT2D eigenvalue weighted by Crippen LogP contribution is -2.25. The van der Waals surface area contributed by atoms with Gasteiger partial charge < -0.3 is 15.4 Å². The topological polar surface area (TPSA) is 97.4 Å². The van der Waals surface area contributed by atoms with Gasteiger partial charge in [-0.25, -0.2) is 0 Å². The number of hydrogen-bond acceptors (Lipinski definition) is 6. The first kappa shape index (κ1) is 25.7. The van der Waals surface area contributed by atoms with Crippen molar-refractivity contribution in [2.75, 3.05) is 11.9 Å². The first-order chi connectivity index (χ1) is 16.3. The number of hydrogen-bond donors (Lipinski definition) is 2. The molecule has 2 aromatic rings. The van der Waals surface area contributed by atoms with E-state index in [9.17, 15) is 14.4 Å². The Hall–Kier alpha value is -2.90. The minimum absolute atomic E-state index is 0.0959. The molecule has 0 saturated carbocycles. The second-order valence-electron chi connectivity index (χ2n) is 7.89. The second kappa shape index (κ2) is 12.0. The van der Waals surface area contributed by atoms with E-state index in [0.717, 1.165) is 23.3 Å². The van der Waals surface area contributed by atoms with Crippen LogP contribution in [0.5, 0.6) is 0 Å². The molecule has 1 aliphatic carbocycles. The van der Waals surface area contributed by atoms with Crippen molar-refractivity contribution in [1.29, 1.82) is 0 Å². The number of esters is 1. The highest BCUT2D eigenvalue weighted by Crippen LogP contribution is 2.30. The standard InChI is InChI=1S/C25H27Cl2N3O4/c1-3-5-17-20(10-11-22(17)31)29-21(12-23(32)34-4-2)15-6-8-16(9-7-15)25(33)30-24-18(26)13-28-14-19(24)27/h6-9,13-14,21,29H,3-5,10-12H2,1-2H3,(H,28,30,33). The van der Waals surface area contributed by atoms with E-state index in [1.807, 2.05) is 6.92 Å². The van der Waals surface area contributed by atoms with Gasteiger partial charge in [-0.05, 0) is 37.5 Å². The molecule has 0 bridgehead atoms. The summed E-state index contributed by atoms with van der Waals surface area (Å²) in [5.74, 6) is -0.573. The Labute approximate surface area is 208 Å². The van der Waals surface area contributed by atoms with Crippen LogP contribution in [0.25, 0.3) is 0 Å². The molecule has 0 radical (unpaired) electrons. The van der Waals surface area contributed by atoms with Crippen LogP contribution in [0.4, 0.5) is 5.69 Å². The van der Waals surface area contributed by atoms with Gasteiger partial charge in [0.2, 0.25) is 0 Å². The lowest BCUT2D eigenvalue weighted by molar-refractivity contribution is -0.143. The number of nitrogens with one attached hydrogen (secondary N) is 2. The Morgan fingerprint density at radius 2 is 1.76 bits per heavy atom. The molecule has 180 valence electrons. The zero-order valence-electron chi connectivity index (χ0n) is 19.1. The summed E-state index contributed by atoms with van der Waals surface area (Å²) in [6.45, 7) is 4.07. The van der Waals surface area contributed by atoms with E-state index >= 15 is 0 Å². The smallest absolute Gasteiger partial charge is 0.308 e. The molecule has 1 aromatic carbocycles. The SMILES string of the molecule is CCCC1=C(NC(CC(=O)OCC)c2ccc(C(=O)Nc3c(Cl)cncc3Cl)cc2)CCC1=O. The molecule has 2 N–H and O–H groups in total. The quantitative estimate of drug-likeness (QED) is 0.407. The number of Topliss-reactive ketones (excluding diaryl/α,β-unsaturated/α-hetero) is 1. The number of ketones is 1. The Kier molecular flexibility index (Phi) is 9.07. The van der Waals surface area contributed by atoms with Crippen LogP contribution in [0.3, 0.4) is 0 Å². The van der Waals surface area contributed by atoms with Crippen LogP contribution in [-0.2, 0) is 14.3 Å². The van der Waals surface area contributed by atoms with Crippen molar-refractivity contribution in [1.82, 2.24) is 10.3 Å². The number of halogens is 2. The third kappa shape index (κ3) is 6.36. The highest BCUT2D eigenvalue weighted by atomic mass is 35.5. The molecule has 1 heterocycles. The van der Waals surface area contributed by atoms with Crippen LogP contribution in [0.15, 0.2) is 47.9 Å². The lowest BCUT2D eigenvalue weighted by Gasteiger charge is -2.22. The average Bonchev–Trinajstić information content (AvgIpc) is 3.15. The summed E-state index contributed by atoms with van der Waals surface area (Å²) in [6, 6.07) is 6.48. The summed E-state index contributed by atoms with van der Waals surface area (Å²) in [6.07, 6.45) is 5.56. The van der Waals surface area contributed by atoms with E-state index < -0.39 is 6.04 Å². The number of carbonyl (C=O) groups excluding carboxylic acids is 3. The summed E-state index contributed by atoms with van der Waals surface area (Å²) < 4.78 is 5.15. The zero-order valence-corrected chi connectivity index (χ0v) is 20.6. The maximum Gasteiger partial charge on any atom is 0.308 e. The predicted molar refractivity (Wildman–Crippen MR) is 132 cm³/mol. The third-order valence-corrected chi connectivity index (χ3v) is 6.07. The maximum atomic E-state index is 12.7. The fraction of sp³-hybridized carbons (Fsp3) is 0.360. The number of nitrogens with zero attached hydrogens (tertiary/aromatic N) is 1. The molecule has 0 saturated heterocycles. The van der Waals surface area contributed by atoms with Crippen molar-refractivity contribution >= 4 is 46.5 Å². The molecule has 9 heteroatoms. The summed E-state index contributed by atoms with van der Waals surface area (Å²) in [4.78, 5) is 41.1. The number of carbonyl (C=O) groups is 3. The summed E-state index contributed by atoms with van der Waals surface area (Å²) in [7, 11) is 0. The number of benzene rings is 1.